The molecule has 7 heteroatoms. The molecule has 0 aliphatic heterocycles. The van der Waals surface area contributed by atoms with E-state index in [0.29, 0.717) is 6.42 Å². The predicted molar refractivity (Wildman–Crippen MR) is 89.4 cm³/mol. The summed E-state index contributed by atoms with van der Waals surface area (Å²) in [6.07, 6.45) is 10.3. The Kier molecular flexibility index (Phi) is 19.6. The van der Waals surface area contributed by atoms with Crippen LogP contribution in [0.15, 0.2) is 0 Å². The fourth-order valence-electron chi connectivity index (χ4n) is 2.39. The monoisotopic (exact) mass is 369 g/mol. The number of hydrogen-bond acceptors (Lipinski definition) is 3. The molecule has 0 spiro atoms. The van der Waals surface area contributed by atoms with E-state index in [1.54, 1.807) is 0 Å². The number of unbranched alkanes of at least 4 members (excludes halogenated alkanes) is 8. The molecule has 0 bridgehead atoms. The van der Waals surface area contributed by atoms with Crippen molar-refractivity contribution in [2.24, 2.45) is 0 Å². The number of carbonyl (C=O) groups is 3. The number of hydrogen-bond donors (Lipinski definition) is 3. The van der Waals surface area contributed by atoms with Crippen LogP contribution in [0.5, 0.6) is 0 Å². The molecule has 0 fully saturated rings. The Hall–Kier alpha value is 0.0464. The van der Waals surface area contributed by atoms with Gasteiger partial charge in [-0.2, -0.15) is 0 Å². The van der Waals surface area contributed by atoms with Gasteiger partial charge in [0.25, 0.3) is 0 Å². The van der Waals surface area contributed by atoms with Crippen LogP contribution in [-0.2, 0) is 14.4 Å². The molecule has 6 nitrogen and oxygen atoms in total. The molecule has 0 rings (SSSR count). The molecule has 0 unspecified atom stereocenters. The topological polar surface area (TPSA) is 104 Å². The summed E-state index contributed by atoms with van der Waals surface area (Å²) >= 11 is 0. The summed E-state index contributed by atoms with van der Waals surface area (Å²) in [4.78, 5) is 33.1. The molecule has 0 aliphatic carbocycles. The van der Waals surface area contributed by atoms with Crippen molar-refractivity contribution in [1.29, 1.82) is 0 Å². The first kappa shape index (κ1) is 26.3. The fourth-order valence-corrected chi connectivity index (χ4v) is 2.39. The zero-order valence-corrected chi connectivity index (χ0v) is 18.3. The van der Waals surface area contributed by atoms with Gasteiger partial charge in [0, 0.05) is 12.8 Å². The SMILES string of the molecule is CCCCCCCCCCCC(=O)N[C@@H](CCC(=O)O)C(=O)O.[H-].[K+]. The van der Waals surface area contributed by atoms with E-state index in [9.17, 15) is 14.4 Å². The minimum Gasteiger partial charge on any atom is -1.00 e. The second kappa shape index (κ2) is 17.9. The fraction of sp³-hybridized carbons (Fsp3) is 0.824. The van der Waals surface area contributed by atoms with Gasteiger partial charge in [-0.1, -0.05) is 58.3 Å². The minimum absolute atomic E-state index is 0. The summed E-state index contributed by atoms with van der Waals surface area (Å²) in [6, 6.07) is -1.11. The maximum Gasteiger partial charge on any atom is 1.00 e. The second-order valence-corrected chi connectivity index (χ2v) is 5.97. The van der Waals surface area contributed by atoms with Crippen LogP contribution < -0.4 is 56.7 Å². The number of nitrogens with one attached hydrogen (secondary N) is 1. The largest absolute Gasteiger partial charge is 1.00 e. The molecule has 0 saturated carbocycles. The molecule has 0 heterocycles. The second-order valence-electron chi connectivity index (χ2n) is 5.97. The third-order valence-corrected chi connectivity index (χ3v) is 3.79. The molecule has 24 heavy (non-hydrogen) atoms. The van der Waals surface area contributed by atoms with Gasteiger partial charge in [0.05, 0.1) is 0 Å². The molecule has 0 aromatic heterocycles. The molecule has 1 atom stereocenters. The molecule has 0 saturated heterocycles. The predicted octanol–water partition coefficient (Wildman–Crippen LogP) is 0.458. The number of carboxylic acid groups (broad SMARTS) is 2. The first-order valence-corrected chi connectivity index (χ1v) is 8.71. The number of rotatable bonds is 15. The third kappa shape index (κ3) is 16.9. The van der Waals surface area contributed by atoms with E-state index in [0.717, 1.165) is 19.3 Å². The van der Waals surface area contributed by atoms with Gasteiger partial charge >= 0.3 is 63.3 Å². The summed E-state index contributed by atoms with van der Waals surface area (Å²) in [5.41, 5.74) is 0. The van der Waals surface area contributed by atoms with E-state index >= 15 is 0 Å². The van der Waals surface area contributed by atoms with Crippen molar-refractivity contribution in [2.75, 3.05) is 0 Å². The Labute approximate surface area is 189 Å². The molecular weight excluding hydrogens is 337 g/mol. The van der Waals surface area contributed by atoms with Crippen LogP contribution in [0.3, 0.4) is 0 Å². The van der Waals surface area contributed by atoms with Crippen LogP contribution in [0.4, 0.5) is 0 Å². The number of amides is 1. The Morgan fingerprint density at radius 1 is 0.875 bits per heavy atom. The summed E-state index contributed by atoms with van der Waals surface area (Å²) in [6.45, 7) is 2.20. The van der Waals surface area contributed by atoms with E-state index in [1.807, 2.05) is 0 Å². The number of aliphatic carboxylic acids is 2. The normalized spacial score (nSPS) is 11.4. The van der Waals surface area contributed by atoms with E-state index in [4.69, 9.17) is 10.2 Å². The van der Waals surface area contributed by atoms with E-state index in [2.05, 4.69) is 12.2 Å². The van der Waals surface area contributed by atoms with Crippen molar-refractivity contribution in [3.8, 4) is 0 Å². The van der Waals surface area contributed by atoms with Crippen LogP contribution in [-0.4, -0.2) is 34.1 Å². The smallest absolute Gasteiger partial charge is 1.00 e. The van der Waals surface area contributed by atoms with Crippen molar-refractivity contribution < 1.29 is 77.4 Å². The molecule has 136 valence electrons. The Morgan fingerprint density at radius 3 is 1.83 bits per heavy atom. The first-order valence-electron chi connectivity index (χ1n) is 8.71. The average molecular weight is 370 g/mol. The maximum absolute atomic E-state index is 11.7. The molecule has 1 amide bonds. The van der Waals surface area contributed by atoms with Gasteiger partial charge in [-0.25, -0.2) is 4.79 Å². The van der Waals surface area contributed by atoms with E-state index < -0.39 is 18.0 Å². The Bertz CT molecular complexity index is 369. The number of carbonyl (C=O) groups excluding carboxylic acids is 1. The van der Waals surface area contributed by atoms with Crippen LogP contribution in [0.2, 0.25) is 0 Å². The average Bonchev–Trinajstić information content (AvgIpc) is 2.49. The summed E-state index contributed by atoms with van der Waals surface area (Å²) in [5, 5.41) is 19.9. The van der Waals surface area contributed by atoms with Crippen LogP contribution in [0, 0.1) is 0 Å². The molecule has 0 aliphatic rings. The van der Waals surface area contributed by atoms with Crippen molar-refractivity contribution in [2.45, 2.75) is 90.0 Å². The Balaban J connectivity index is -0.00000242. The van der Waals surface area contributed by atoms with Gasteiger partial charge in [0.1, 0.15) is 6.04 Å². The molecule has 0 aromatic carbocycles. The van der Waals surface area contributed by atoms with Crippen LogP contribution >= 0.6 is 0 Å². The van der Waals surface area contributed by atoms with Gasteiger partial charge in [0.15, 0.2) is 0 Å². The van der Waals surface area contributed by atoms with Gasteiger partial charge < -0.3 is 17.0 Å². The maximum atomic E-state index is 11.7. The molecule has 0 radical (unpaired) electrons. The van der Waals surface area contributed by atoms with Crippen molar-refractivity contribution >= 4 is 17.8 Å². The molecule has 0 aromatic rings. The standard InChI is InChI=1S/C17H31NO5.K.H/c1-2-3-4-5-6-7-8-9-10-11-15(19)18-14(17(22)23)12-13-16(20)21;;/h14H,2-13H2,1H3,(H,18,19)(H,20,21)(H,22,23);;/q;+1;-1/t14-;;/m0../s1. The first-order chi connectivity index (χ1) is 11.0. The van der Waals surface area contributed by atoms with Crippen molar-refractivity contribution in [3.05, 3.63) is 0 Å². The molecular formula is C17H32KNO5. The zero-order chi connectivity index (χ0) is 17.5. The quantitative estimate of drug-likeness (QED) is 0.287. The summed E-state index contributed by atoms with van der Waals surface area (Å²) in [5.74, 6) is -2.57. The summed E-state index contributed by atoms with van der Waals surface area (Å²) < 4.78 is 0. The molecule has 3 N–H and O–H groups in total. The summed E-state index contributed by atoms with van der Waals surface area (Å²) in [7, 11) is 0. The van der Waals surface area contributed by atoms with Crippen LogP contribution in [0.1, 0.15) is 85.4 Å². The van der Waals surface area contributed by atoms with Crippen molar-refractivity contribution in [3.63, 3.8) is 0 Å². The van der Waals surface area contributed by atoms with E-state index in [1.165, 1.54) is 38.5 Å². The van der Waals surface area contributed by atoms with Gasteiger partial charge in [-0.15, -0.1) is 0 Å². The van der Waals surface area contributed by atoms with Crippen LogP contribution in [0.25, 0.3) is 0 Å². The van der Waals surface area contributed by atoms with Crippen molar-refractivity contribution in [1.82, 2.24) is 5.32 Å². The minimum atomic E-state index is -1.19. The Morgan fingerprint density at radius 2 is 1.38 bits per heavy atom. The zero-order valence-electron chi connectivity index (χ0n) is 16.2. The third-order valence-electron chi connectivity index (χ3n) is 3.79. The number of carboxylic acids is 2. The van der Waals surface area contributed by atoms with Gasteiger partial charge in [-0.3, -0.25) is 9.59 Å². The van der Waals surface area contributed by atoms with Gasteiger partial charge in [-0.05, 0) is 12.8 Å². The van der Waals surface area contributed by atoms with E-state index in [-0.39, 0.29) is 71.6 Å². The van der Waals surface area contributed by atoms with Gasteiger partial charge in [0.2, 0.25) is 5.91 Å².